The van der Waals surface area contributed by atoms with E-state index >= 15 is 0 Å². The summed E-state index contributed by atoms with van der Waals surface area (Å²) in [6.07, 6.45) is 0.701. The van der Waals surface area contributed by atoms with Gasteiger partial charge in [0.2, 0.25) is 0 Å². The van der Waals surface area contributed by atoms with Crippen molar-refractivity contribution in [2.75, 3.05) is 0 Å². The molecule has 1 aromatic carbocycles. The SMILES string of the molecule is CCc1cccc(S)c1C(=O)OC(C)C. The molecule has 0 aliphatic heterocycles. The minimum Gasteiger partial charge on any atom is -0.459 e. The number of rotatable bonds is 3. The summed E-state index contributed by atoms with van der Waals surface area (Å²) in [6.45, 7) is 5.68. The molecule has 82 valence electrons. The molecule has 0 radical (unpaired) electrons. The van der Waals surface area contributed by atoms with E-state index in [1.54, 1.807) is 6.07 Å². The van der Waals surface area contributed by atoms with Crippen molar-refractivity contribution < 1.29 is 9.53 Å². The van der Waals surface area contributed by atoms with Gasteiger partial charge in [0, 0.05) is 4.90 Å². The highest BCUT2D eigenvalue weighted by atomic mass is 32.1. The van der Waals surface area contributed by atoms with Crippen molar-refractivity contribution in [2.24, 2.45) is 0 Å². The van der Waals surface area contributed by atoms with Crippen molar-refractivity contribution in [3.05, 3.63) is 29.3 Å². The molecule has 0 aliphatic carbocycles. The number of aryl methyl sites for hydroxylation is 1. The van der Waals surface area contributed by atoms with Crippen LogP contribution in [0.15, 0.2) is 23.1 Å². The molecule has 0 aliphatic rings. The Kier molecular flexibility index (Phi) is 4.21. The van der Waals surface area contributed by atoms with Crippen LogP contribution >= 0.6 is 12.6 Å². The fourth-order valence-electron chi connectivity index (χ4n) is 1.39. The quantitative estimate of drug-likeness (QED) is 0.630. The lowest BCUT2D eigenvalue weighted by Gasteiger charge is -2.12. The van der Waals surface area contributed by atoms with Crippen LogP contribution in [0.1, 0.15) is 36.7 Å². The lowest BCUT2D eigenvalue weighted by atomic mass is 10.1. The van der Waals surface area contributed by atoms with E-state index in [2.05, 4.69) is 12.6 Å². The minimum absolute atomic E-state index is 0.102. The van der Waals surface area contributed by atoms with Crippen molar-refractivity contribution >= 4 is 18.6 Å². The summed E-state index contributed by atoms with van der Waals surface area (Å²) >= 11 is 4.28. The van der Waals surface area contributed by atoms with Crippen LogP contribution in [0.4, 0.5) is 0 Å². The first-order valence-corrected chi connectivity index (χ1v) is 5.52. The fourth-order valence-corrected chi connectivity index (χ4v) is 1.71. The predicted octanol–water partition coefficient (Wildman–Crippen LogP) is 3.10. The van der Waals surface area contributed by atoms with Crippen LogP contribution in [0.25, 0.3) is 0 Å². The van der Waals surface area contributed by atoms with E-state index in [0.717, 1.165) is 12.0 Å². The summed E-state index contributed by atoms with van der Waals surface area (Å²) in [5, 5.41) is 0. The van der Waals surface area contributed by atoms with E-state index in [1.165, 1.54) is 0 Å². The third-order valence-corrected chi connectivity index (χ3v) is 2.43. The third kappa shape index (κ3) is 2.99. The molecule has 0 spiro atoms. The molecule has 1 rings (SSSR count). The average Bonchev–Trinajstić information content (AvgIpc) is 2.15. The number of ether oxygens (including phenoxy) is 1. The highest BCUT2D eigenvalue weighted by molar-refractivity contribution is 7.80. The summed E-state index contributed by atoms with van der Waals surface area (Å²) < 4.78 is 5.17. The summed E-state index contributed by atoms with van der Waals surface area (Å²) in [7, 11) is 0. The molecule has 0 heterocycles. The molecule has 0 amide bonds. The van der Waals surface area contributed by atoms with Crippen LogP contribution in [-0.2, 0) is 11.2 Å². The van der Waals surface area contributed by atoms with E-state index in [9.17, 15) is 4.79 Å². The molecule has 0 unspecified atom stereocenters. The lowest BCUT2D eigenvalue weighted by molar-refractivity contribution is 0.0372. The van der Waals surface area contributed by atoms with Gasteiger partial charge in [-0.3, -0.25) is 0 Å². The molecular weight excluding hydrogens is 208 g/mol. The summed E-state index contributed by atoms with van der Waals surface area (Å²) in [5.74, 6) is -0.285. The molecule has 0 bridgehead atoms. The Labute approximate surface area is 96.1 Å². The van der Waals surface area contributed by atoms with Crippen LogP contribution in [0.5, 0.6) is 0 Å². The Balaban J connectivity index is 3.06. The van der Waals surface area contributed by atoms with E-state index in [1.807, 2.05) is 32.9 Å². The molecule has 3 heteroatoms. The van der Waals surface area contributed by atoms with Gasteiger partial charge in [-0.1, -0.05) is 19.1 Å². The molecule has 1 aromatic rings. The number of hydrogen-bond donors (Lipinski definition) is 1. The third-order valence-electron chi connectivity index (χ3n) is 2.06. The number of esters is 1. The Bertz CT molecular complexity index is 359. The van der Waals surface area contributed by atoms with E-state index in [0.29, 0.717) is 10.5 Å². The van der Waals surface area contributed by atoms with Crippen LogP contribution in [0.3, 0.4) is 0 Å². The highest BCUT2D eigenvalue weighted by Crippen LogP contribution is 2.20. The second kappa shape index (κ2) is 5.21. The zero-order chi connectivity index (χ0) is 11.4. The second-order valence-corrected chi connectivity index (χ2v) is 4.10. The van der Waals surface area contributed by atoms with Gasteiger partial charge >= 0.3 is 5.97 Å². The molecule has 0 N–H and O–H groups in total. The van der Waals surface area contributed by atoms with Crippen LogP contribution in [0.2, 0.25) is 0 Å². The molecule has 0 aromatic heterocycles. The topological polar surface area (TPSA) is 26.3 Å². The van der Waals surface area contributed by atoms with E-state index in [-0.39, 0.29) is 12.1 Å². The molecule has 0 fully saturated rings. The first-order valence-electron chi connectivity index (χ1n) is 5.08. The van der Waals surface area contributed by atoms with Gasteiger partial charge in [0.05, 0.1) is 11.7 Å². The van der Waals surface area contributed by atoms with E-state index < -0.39 is 0 Å². The molecule has 2 nitrogen and oxygen atoms in total. The standard InChI is InChI=1S/C12H16O2S/c1-4-9-6-5-7-10(15)11(9)12(13)14-8(2)3/h5-8,15H,4H2,1-3H3. The Morgan fingerprint density at radius 1 is 1.47 bits per heavy atom. The number of hydrogen-bond acceptors (Lipinski definition) is 3. The average molecular weight is 224 g/mol. The molecule has 15 heavy (non-hydrogen) atoms. The number of carbonyl (C=O) groups excluding carboxylic acids is 1. The largest absolute Gasteiger partial charge is 0.459 e. The Morgan fingerprint density at radius 2 is 2.13 bits per heavy atom. The first kappa shape index (κ1) is 12.1. The van der Waals surface area contributed by atoms with Gasteiger partial charge in [-0.2, -0.15) is 0 Å². The van der Waals surface area contributed by atoms with Gasteiger partial charge in [-0.05, 0) is 31.9 Å². The van der Waals surface area contributed by atoms with Crippen LogP contribution < -0.4 is 0 Å². The summed E-state index contributed by atoms with van der Waals surface area (Å²) in [4.78, 5) is 12.5. The monoisotopic (exact) mass is 224 g/mol. The molecule has 0 saturated heterocycles. The van der Waals surface area contributed by atoms with Crippen molar-refractivity contribution in [3.8, 4) is 0 Å². The maximum Gasteiger partial charge on any atom is 0.339 e. The Hall–Kier alpha value is -0.960. The highest BCUT2D eigenvalue weighted by Gasteiger charge is 2.15. The zero-order valence-corrected chi connectivity index (χ0v) is 10.2. The van der Waals surface area contributed by atoms with Gasteiger partial charge in [0.15, 0.2) is 0 Å². The molecule has 0 saturated carbocycles. The smallest absolute Gasteiger partial charge is 0.339 e. The minimum atomic E-state index is -0.285. The first-order chi connectivity index (χ1) is 7.06. The zero-order valence-electron chi connectivity index (χ0n) is 9.28. The fraction of sp³-hybridized carbons (Fsp3) is 0.417. The van der Waals surface area contributed by atoms with Gasteiger partial charge in [0.1, 0.15) is 0 Å². The van der Waals surface area contributed by atoms with E-state index in [4.69, 9.17) is 4.74 Å². The summed E-state index contributed by atoms with van der Waals surface area (Å²) in [6, 6.07) is 5.63. The number of thiol groups is 1. The molecular formula is C12H16O2S. The second-order valence-electron chi connectivity index (χ2n) is 3.62. The van der Waals surface area contributed by atoms with Gasteiger partial charge in [0.25, 0.3) is 0 Å². The number of carbonyl (C=O) groups is 1. The molecule has 0 atom stereocenters. The maximum absolute atomic E-state index is 11.8. The van der Waals surface area contributed by atoms with Crippen molar-refractivity contribution in [3.63, 3.8) is 0 Å². The van der Waals surface area contributed by atoms with Crippen LogP contribution in [-0.4, -0.2) is 12.1 Å². The normalized spacial score (nSPS) is 10.5. The van der Waals surface area contributed by atoms with Crippen molar-refractivity contribution in [2.45, 2.75) is 38.2 Å². The van der Waals surface area contributed by atoms with Crippen molar-refractivity contribution in [1.82, 2.24) is 0 Å². The van der Waals surface area contributed by atoms with Gasteiger partial charge < -0.3 is 4.74 Å². The van der Waals surface area contributed by atoms with Crippen LogP contribution in [0, 0.1) is 0 Å². The Morgan fingerprint density at radius 3 is 2.67 bits per heavy atom. The summed E-state index contributed by atoms with van der Waals surface area (Å²) in [5.41, 5.74) is 1.57. The van der Waals surface area contributed by atoms with Gasteiger partial charge in [-0.25, -0.2) is 4.79 Å². The van der Waals surface area contributed by atoms with Crippen molar-refractivity contribution in [1.29, 1.82) is 0 Å². The van der Waals surface area contributed by atoms with Gasteiger partial charge in [-0.15, -0.1) is 12.6 Å². The number of benzene rings is 1. The lowest BCUT2D eigenvalue weighted by Crippen LogP contribution is -2.14. The maximum atomic E-state index is 11.8. The predicted molar refractivity (Wildman–Crippen MR) is 63.6 cm³/mol.